The number of methoxy groups -OCH3 is 2. The Morgan fingerprint density at radius 3 is 2.52 bits per heavy atom. The van der Waals surface area contributed by atoms with Gasteiger partial charge in [-0.1, -0.05) is 12.1 Å². The van der Waals surface area contributed by atoms with Gasteiger partial charge in [0.25, 0.3) is 11.8 Å². The SMILES string of the molecule is COc1cc(C(=O)N2CCN(c3ccccc3OC)CC2)on1. The van der Waals surface area contributed by atoms with Gasteiger partial charge in [0.2, 0.25) is 5.76 Å². The van der Waals surface area contributed by atoms with E-state index in [4.69, 9.17) is 14.0 Å². The maximum absolute atomic E-state index is 12.4. The van der Waals surface area contributed by atoms with Gasteiger partial charge in [0.1, 0.15) is 5.75 Å². The van der Waals surface area contributed by atoms with Crippen molar-refractivity contribution >= 4 is 11.6 Å². The van der Waals surface area contributed by atoms with Crippen molar-refractivity contribution in [2.24, 2.45) is 0 Å². The highest BCUT2D eigenvalue weighted by atomic mass is 16.5. The molecule has 1 fully saturated rings. The molecule has 1 aliphatic rings. The summed E-state index contributed by atoms with van der Waals surface area (Å²) in [6.07, 6.45) is 0. The molecule has 1 saturated heterocycles. The number of hydrogen-bond donors (Lipinski definition) is 0. The first-order valence-electron chi connectivity index (χ1n) is 7.41. The number of ether oxygens (including phenoxy) is 2. The van der Waals surface area contributed by atoms with Gasteiger partial charge in [0, 0.05) is 26.2 Å². The Labute approximate surface area is 134 Å². The molecular formula is C16H19N3O4. The van der Waals surface area contributed by atoms with Crippen LogP contribution in [0.3, 0.4) is 0 Å². The number of carbonyl (C=O) groups is 1. The van der Waals surface area contributed by atoms with Gasteiger partial charge in [-0.3, -0.25) is 4.79 Å². The summed E-state index contributed by atoms with van der Waals surface area (Å²) in [5.74, 6) is 1.18. The molecule has 0 N–H and O–H groups in total. The van der Waals surface area contributed by atoms with Crippen molar-refractivity contribution in [2.45, 2.75) is 0 Å². The van der Waals surface area contributed by atoms with E-state index in [0.29, 0.717) is 19.0 Å². The lowest BCUT2D eigenvalue weighted by atomic mass is 10.2. The van der Waals surface area contributed by atoms with Gasteiger partial charge in [0.05, 0.1) is 26.0 Å². The average Bonchev–Trinajstić information content (AvgIpc) is 3.10. The Hall–Kier alpha value is -2.70. The highest BCUT2D eigenvalue weighted by Crippen LogP contribution is 2.28. The minimum Gasteiger partial charge on any atom is -0.495 e. The molecule has 23 heavy (non-hydrogen) atoms. The smallest absolute Gasteiger partial charge is 0.292 e. The fourth-order valence-corrected chi connectivity index (χ4v) is 2.65. The van der Waals surface area contributed by atoms with Crippen molar-refractivity contribution in [3.05, 3.63) is 36.1 Å². The second-order valence-electron chi connectivity index (χ2n) is 5.18. The number of hydrogen-bond acceptors (Lipinski definition) is 6. The predicted molar refractivity (Wildman–Crippen MR) is 84.2 cm³/mol. The van der Waals surface area contributed by atoms with E-state index in [1.165, 1.54) is 13.2 Å². The van der Waals surface area contributed by atoms with Crippen LogP contribution in [0, 0.1) is 0 Å². The van der Waals surface area contributed by atoms with E-state index in [9.17, 15) is 4.79 Å². The minimum absolute atomic E-state index is 0.166. The lowest BCUT2D eigenvalue weighted by Crippen LogP contribution is -2.48. The van der Waals surface area contributed by atoms with Gasteiger partial charge < -0.3 is 23.8 Å². The fourth-order valence-electron chi connectivity index (χ4n) is 2.65. The van der Waals surface area contributed by atoms with E-state index >= 15 is 0 Å². The number of benzene rings is 1. The van der Waals surface area contributed by atoms with Crippen LogP contribution in [0.15, 0.2) is 34.9 Å². The molecular weight excluding hydrogens is 298 g/mol. The van der Waals surface area contributed by atoms with E-state index < -0.39 is 0 Å². The summed E-state index contributed by atoms with van der Waals surface area (Å²) in [4.78, 5) is 16.4. The number of piperazine rings is 1. The first-order chi connectivity index (χ1) is 11.2. The molecule has 7 nitrogen and oxygen atoms in total. The summed E-state index contributed by atoms with van der Waals surface area (Å²) < 4.78 is 15.4. The van der Waals surface area contributed by atoms with E-state index in [1.54, 1.807) is 12.0 Å². The Morgan fingerprint density at radius 2 is 1.87 bits per heavy atom. The molecule has 0 radical (unpaired) electrons. The molecule has 0 unspecified atom stereocenters. The molecule has 1 aromatic heterocycles. The molecule has 0 atom stereocenters. The second kappa shape index (κ2) is 6.60. The summed E-state index contributed by atoms with van der Waals surface area (Å²) in [6.45, 7) is 2.69. The van der Waals surface area contributed by atoms with Crippen molar-refractivity contribution in [3.63, 3.8) is 0 Å². The summed E-state index contributed by atoms with van der Waals surface area (Å²) in [7, 11) is 3.15. The lowest BCUT2D eigenvalue weighted by molar-refractivity contribution is 0.0704. The topological polar surface area (TPSA) is 68.0 Å². The van der Waals surface area contributed by atoms with Crippen LogP contribution in [-0.4, -0.2) is 56.4 Å². The number of anilines is 1. The zero-order chi connectivity index (χ0) is 16.2. The molecule has 2 aromatic rings. The predicted octanol–water partition coefficient (Wildman–Crippen LogP) is 1.65. The molecule has 7 heteroatoms. The maximum Gasteiger partial charge on any atom is 0.292 e. The summed E-state index contributed by atoms with van der Waals surface area (Å²) in [5, 5.41) is 3.66. The Morgan fingerprint density at radius 1 is 1.13 bits per heavy atom. The molecule has 1 aromatic carbocycles. The molecule has 2 heterocycles. The highest BCUT2D eigenvalue weighted by molar-refractivity contribution is 5.91. The molecule has 0 spiro atoms. The highest BCUT2D eigenvalue weighted by Gasteiger charge is 2.26. The second-order valence-corrected chi connectivity index (χ2v) is 5.18. The maximum atomic E-state index is 12.4. The zero-order valence-corrected chi connectivity index (χ0v) is 13.2. The number of rotatable bonds is 4. The number of carbonyl (C=O) groups excluding carboxylic acids is 1. The third kappa shape index (κ3) is 3.08. The summed E-state index contributed by atoms with van der Waals surface area (Å²) in [6, 6.07) is 9.40. The van der Waals surface area contributed by atoms with Crippen LogP contribution < -0.4 is 14.4 Å². The van der Waals surface area contributed by atoms with Crippen molar-refractivity contribution in [1.29, 1.82) is 0 Å². The van der Waals surface area contributed by atoms with Crippen LogP contribution in [0.1, 0.15) is 10.6 Å². The Bertz CT molecular complexity index is 677. The van der Waals surface area contributed by atoms with E-state index in [-0.39, 0.29) is 11.7 Å². The van der Waals surface area contributed by atoms with Gasteiger partial charge >= 0.3 is 0 Å². The van der Waals surface area contributed by atoms with Gasteiger partial charge in [0.15, 0.2) is 0 Å². The zero-order valence-electron chi connectivity index (χ0n) is 13.2. The largest absolute Gasteiger partial charge is 0.495 e. The van der Waals surface area contributed by atoms with Gasteiger partial charge in [-0.15, -0.1) is 0 Å². The quantitative estimate of drug-likeness (QED) is 0.854. The molecule has 122 valence electrons. The number of nitrogens with zero attached hydrogens (tertiary/aromatic N) is 3. The molecule has 1 amide bonds. The van der Waals surface area contributed by atoms with Gasteiger partial charge in [-0.05, 0) is 17.3 Å². The molecule has 1 aliphatic heterocycles. The normalized spacial score (nSPS) is 14.7. The van der Waals surface area contributed by atoms with Crippen molar-refractivity contribution in [1.82, 2.24) is 10.1 Å². The summed E-state index contributed by atoms with van der Waals surface area (Å²) in [5.41, 5.74) is 1.04. The third-order valence-electron chi connectivity index (χ3n) is 3.90. The lowest BCUT2D eigenvalue weighted by Gasteiger charge is -2.36. The standard InChI is InChI=1S/C16H19N3O4/c1-21-13-6-4-3-5-12(13)18-7-9-19(10-8-18)16(20)14-11-15(22-2)17-23-14/h3-6,11H,7-10H2,1-2H3. The van der Waals surface area contributed by atoms with Crippen LogP contribution in [-0.2, 0) is 0 Å². The summed E-state index contributed by atoms with van der Waals surface area (Å²) >= 11 is 0. The van der Waals surface area contributed by atoms with Crippen LogP contribution in [0.5, 0.6) is 11.6 Å². The van der Waals surface area contributed by atoms with Crippen LogP contribution in [0.2, 0.25) is 0 Å². The molecule has 3 rings (SSSR count). The molecule has 0 saturated carbocycles. The van der Waals surface area contributed by atoms with Crippen molar-refractivity contribution in [3.8, 4) is 11.6 Å². The Kier molecular flexibility index (Phi) is 4.36. The monoisotopic (exact) mass is 317 g/mol. The first kappa shape index (κ1) is 15.2. The van der Waals surface area contributed by atoms with Crippen LogP contribution in [0.25, 0.3) is 0 Å². The number of amides is 1. The fraction of sp³-hybridized carbons (Fsp3) is 0.375. The van der Waals surface area contributed by atoms with E-state index in [2.05, 4.69) is 10.1 Å². The van der Waals surface area contributed by atoms with E-state index in [1.807, 2.05) is 24.3 Å². The Balaban J connectivity index is 1.65. The van der Waals surface area contributed by atoms with Crippen molar-refractivity contribution < 1.29 is 18.8 Å². The molecule has 0 bridgehead atoms. The van der Waals surface area contributed by atoms with Gasteiger partial charge in [-0.2, -0.15) is 0 Å². The van der Waals surface area contributed by atoms with Crippen molar-refractivity contribution in [2.75, 3.05) is 45.3 Å². The van der Waals surface area contributed by atoms with Crippen LogP contribution >= 0.6 is 0 Å². The van der Waals surface area contributed by atoms with E-state index in [0.717, 1.165) is 24.5 Å². The average molecular weight is 317 g/mol. The van der Waals surface area contributed by atoms with Gasteiger partial charge in [-0.25, -0.2) is 0 Å². The third-order valence-corrected chi connectivity index (χ3v) is 3.90. The minimum atomic E-state index is -0.166. The van der Waals surface area contributed by atoms with Crippen LogP contribution in [0.4, 0.5) is 5.69 Å². The molecule has 0 aliphatic carbocycles. The number of aromatic nitrogens is 1. The first-order valence-corrected chi connectivity index (χ1v) is 7.41. The number of para-hydroxylation sites is 2.